The van der Waals surface area contributed by atoms with Gasteiger partial charge in [-0.15, -0.1) is 0 Å². The number of hydrogen-bond acceptors (Lipinski definition) is 19. The van der Waals surface area contributed by atoms with Gasteiger partial charge in [-0.2, -0.15) is 0 Å². The fraction of sp³-hybridized carbons (Fsp3) is 0.486. The zero-order valence-corrected chi connectivity index (χ0v) is 55.4. The lowest BCUT2D eigenvalue weighted by Crippen LogP contribution is -2.82. The Balaban J connectivity index is 1.01. The van der Waals surface area contributed by atoms with E-state index in [0.29, 0.717) is 18.4 Å². The zero-order chi connectivity index (χ0) is 67.4. The van der Waals surface area contributed by atoms with Gasteiger partial charge in [0.25, 0.3) is 0 Å². The number of benzene rings is 4. The maximum atomic E-state index is 17.0. The summed E-state index contributed by atoms with van der Waals surface area (Å²) >= 11 is 0. The van der Waals surface area contributed by atoms with Crippen molar-refractivity contribution in [1.29, 1.82) is 0 Å². The van der Waals surface area contributed by atoms with Gasteiger partial charge in [0, 0.05) is 35.4 Å². The average Bonchev–Trinajstić information content (AvgIpc) is 1.45. The Bertz CT molecular complexity index is 3720. The lowest BCUT2D eigenvalue weighted by atomic mass is 9.45. The van der Waals surface area contributed by atoms with Crippen molar-refractivity contribution in [3.05, 3.63) is 159 Å². The Hall–Kier alpha value is -7.82. The highest BCUT2D eigenvalue weighted by Crippen LogP contribution is 2.71. The smallest absolute Gasteiger partial charge is 0.343 e. The quantitative estimate of drug-likeness (QED) is 0.0262. The molecule has 8 aliphatic rings. The van der Waals surface area contributed by atoms with E-state index in [-0.39, 0.29) is 84.3 Å². The normalized spacial score (nSPS) is 29.5. The Morgan fingerprint density at radius 3 is 2.04 bits per heavy atom. The fourth-order valence-corrected chi connectivity index (χ4v) is 14.4. The van der Waals surface area contributed by atoms with Crippen LogP contribution >= 0.6 is 0 Å². The molecule has 20 heteroatoms. The first-order valence-corrected chi connectivity index (χ1v) is 32.4. The van der Waals surface area contributed by atoms with E-state index in [0.717, 1.165) is 22.3 Å². The molecule has 0 radical (unpaired) electrons. The van der Waals surface area contributed by atoms with Crippen LogP contribution in [0.1, 0.15) is 152 Å². The van der Waals surface area contributed by atoms with E-state index in [9.17, 15) is 24.6 Å². The molecule has 0 aromatic heterocycles. The van der Waals surface area contributed by atoms with E-state index in [4.69, 9.17) is 47.4 Å². The minimum absolute atomic E-state index is 0.000258. The van der Waals surface area contributed by atoms with Crippen molar-refractivity contribution in [2.24, 2.45) is 17.8 Å². The minimum Gasteiger partial charge on any atom is -0.482 e. The molecular weight excluding hydrogens is 1200 g/mol. The number of aliphatic hydroxyl groups is 2. The molecule has 1 amide bonds. The van der Waals surface area contributed by atoms with Crippen LogP contribution < -0.4 is 29.6 Å². The SMILES string of the molecule is CC(C)=CCCC1(C)C=Cc2c(c(CC=C(C)C)c3c(c2OC(=O)c2ccc(O[C@@H]4O[C@@H]5COC(C)(C)O[C@H]5[C@H](O)[C@H]4O)cc2)C(=O)C2C(NC(C)C(=O)OCc4ccccc4)C4CC5C(C)(C)OC(C/C=C(/C)C(=O)NC(C)C(=O)OCc6ccccc6)(C4=O)C25O3)O1. The fourth-order valence-electron chi connectivity index (χ4n) is 14.4. The molecule has 5 heterocycles. The standard InChI is InChI=1S/C74H86N2O18/c1-40(2)20-19-33-72(12)34-32-50-60(92-72)49(30-25-41(3)4)62-54(61(50)90-68(84)47-26-28-48(29-27-47)88-69-59(79)58(78)63-52(89-69)39-87-71(10,11)91-63)57(77)55-56(75-43(6)66(82)85-37-45-21-15-13-16-22-45)51-36-53-70(8,9)94-73(64(51)80,74(53,55)93-62)35-31-42(5)65(81)76-44(7)67(83)86-38-46-23-17-14-18-24-46/h13-18,20-29,31-32,34,43-44,51-53,55-56,58-59,63,69,75,78-79H,19,30,33,35-39H2,1-12H3,(H,76,81)/b42-31-/t43?,44?,51?,52-,53?,55?,56?,58-,59-,63-,69-,72?,73?,74?/m1/s1. The number of fused-ring (bicyclic) bond motifs is 3. The molecule has 4 aromatic rings. The summed E-state index contributed by atoms with van der Waals surface area (Å²) in [5, 5.41) is 28.4. The minimum atomic E-state index is -1.98. The number of Topliss-reactive ketones (excluding diaryl/α,β-unsaturated/α-hetero) is 2. The third-order valence-electron chi connectivity index (χ3n) is 19.2. The van der Waals surface area contributed by atoms with Gasteiger partial charge in [-0.3, -0.25) is 19.2 Å². The molecule has 5 aliphatic heterocycles. The summed E-state index contributed by atoms with van der Waals surface area (Å²) in [5.74, 6) is -7.52. The average molecular weight is 1290 g/mol. The molecule has 6 fully saturated rings. The maximum absolute atomic E-state index is 17.0. The monoisotopic (exact) mass is 1290 g/mol. The third kappa shape index (κ3) is 12.9. The molecule has 4 N–H and O–H groups in total. The summed E-state index contributed by atoms with van der Waals surface area (Å²) in [7, 11) is 0. The van der Waals surface area contributed by atoms with E-state index < -0.39 is 130 Å². The van der Waals surface area contributed by atoms with Gasteiger partial charge < -0.3 is 68.2 Å². The number of esters is 3. The van der Waals surface area contributed by atoms with Crippen molar-refractivity contribution in [1.82, 2.24) is 10.6 Å². The summed E-state index contributed by atoms with van der Waals surface area (Å²) < 4.78 is 64.1. The lowest BCUT2D eigenvalue weighted by Gasteiger charge is -2.63. The second-order valence-corrected chi connectivity index (χ2v) is 27.6. The van der Waals surface area contributed by atoms with E-state index in [1.54, 1.807) is 39.8 Å². The molecule has 4 bridgehead atoms. The zero-order valence-electron chi connectivity index (χ0n) is 55.4. The first kappa shape index (κ1) is 67.6. The Kier molecular flexibility index (Phi) is 19.0. The summed E-state index contributed by atoms with van der Waals surface area (Å²) in [4.78, 5) is 89.9. The van der Waals surface area contributed by atoms with Gasteiger partial charge in [0.15, 0.2) is 34.3 Å². The number of ether oxygens (including phenoxy) is 10. The number of amides is 1. The summed E-state index contributed by atoms with van der Waals surface area (Å²) in [6.07, 6.45) is 4.72. The topological polar surface area (TPSA) is 259 Å². The van der Waals surface area contributed by atoms with Gasteiger partial charge in [0.05, 0.1) is 29.3 Å². The molecular formula is C74H86N2O18. The van der Waals surface area contributed by atoms with Crippen LogP contribution in [0.25, 0.3) is 6.08 Å². The van der Waals surface area contributed by atoms with E-state index in [2.05, 4.69) is 16.7 Å². The van der Waals surface area contributed by atoms with Gasteiger partial charge in [-0.1, -0.05) is 90.0 Å². The van der Waals surface area contributed by atoms with Gasteiger partial charge >= 0.3 is 17.9 Å². The predicted octanol–water partition coefficient (Wildman–Crippen LogP) is 9.67. The number of rotatable bonds is 21. The van der Waals surface area contributed by atoms with E-state index >= 15 is 14.4 Å². The summed E-state index contributed by atoms with van der Waals surface area (Å²) in [6.45, 7) is 21.7. The highest BCUT2D eigenvalue weighted by Gasteiger charge is 2.85. The first-order valence-electron chi connectivity index (χ1n) is 32.4. The highest BCUT2D eigenvalue weighted by atomic mass is 16.8. The molecule has 20 nitrogen and oxygen atoms in total. The van der Waals surface area contributed by atoms with E-state index in [1.165, 1.54) is 31.2 Å². The van der Waals surface area contributed by atoms with Crippen molar-refractivity contribution in [3.63, 3.8) is 0 Å². The number of hydrogen-bond donors (Lipinski definition) is 4. The van der Waals surface area contributed by atoms with Crippen molar-refractivity contribution >= 4 is 41.5 Å². The molecule has 12 rings (SSSR count). The Morgan fingerprint density at radius 2 is 1.40 bits per heavy atom. The van der Waals surface area contributed by atoms with Crippen LogP contribution in [0.4, 0.5) is 0 Å². The highest BCUT2D eigenvalue weighted by molar-refractivity contribution is 6.11. The second kappa shape index (κ2) is 26.4. The molecule has 94 heavy (non-hydrogen) atoms. The second-order valence-electron chi connectivity index (χ2n) is 27.6. The number of carbonyl (C=O) groups excluding carboxylic acids is 6. The predicted molar refractivity (Wildman–Crippen MR) is 344 cm³/mol. The van der Waals surface area contributed by atoms with Gasteiger partial charge in [0.1, 0.15) is 78.1 Å². The molecule has 9 unspecified atom stereocenters. The summed E-state index contributed by atoms with van der Waals surface area (Å²) in [5.41, 5.74) is -1.60. The number of carbonyl (C=O) groups is 6. The van der Waals surface area contributed by atoms with Crippen LogP contribution in [0.2, 0.25) is 0 Å². The van der Waals surface area contributed by atoms with Gasteiger partial charge in [-0.05, 0) is 156 Å². The number of ketones is 2. The molecule has 3 saturated heterocycles. The molecule has 4 aromatic carbocycles. The largest absolute Gasteiger partial charge is 0.482 e. The van der Waals surface area contributed by atoms with Crippen LogP contribution in [0.3, 0.4) is 0 Å². The van der Waals surface area contributed by atoms with Crippen molar-refractivity contribution in [2.45, 2.75) is 205 Å². The lowest BCUT2D eigenvalue weighted by molar-refractivity contribution is -0.373. The first-order chi connectivity index (χ1) is 44.6. The van der Waals surface area contributed by atoms with Crippen LogP contribution in [0, 0.1) is 17.8 Å². The molecule has 3 aliphatic carbocycles. The van der Waals surface area contributed by atoms with Crippen LogP contribution in [0.15, 0.2) is 126 Å². The van der Waals surface area contributed by atoms with E-state index in [1.807, 2.05) is 121 Å². The van der Waals surface area contributed by atoms with Crippen molar-refractivity contribution in [2.75, 3.05) is 6.61 Å². The summed E-state index contributed by atoms with van der Waals surface area (Å²) in [6, 6.07) is 20.9. The third-order valence-corrected chi connectivity index (χ3v) is 19.2. The van der Waals surface area contributed by atoms with Crippen molar-refractivity contribution < 1.29 is 86.3 Å². The van der Waals surface area contributed by atoms with Crippen LogP contribution in [-0.4, -0.2) is 129 Å². The van der Waals surface area contributed by atoms with Crippen molar-refractivity contribution in [3.8, 4) is 23.0 Å². The van der Waals surface area contributed by atoms with Crippen LogP contribution in [-0.2, 0) is 67.2 Å². The Labute approximate surface area is 548 Å². The Morgan fingerprint density at radius 1 is 0.766 bits per heavy atom. The maximum Gasteiger partial charge on any atom is 0.343 e. The van der Waals surface area contributed by atoms with Crippen LogP contribution in [0.5, 0.6) is 23.0 Å². The van der Waals surface area contributed by atoms with Gasteiger partial charge in [-0.25, -0.2) is 9.59 Å². The number of aliphatic hydroxyl groups excluding tert-OH is 2. The number of nitrogens with one attached hydrogen (secondary N) is 2. The molecule has 3 saturated carbocycles. The number of allylic oxidation sites excluding steroid dienone is 4. The molecule has 14 atom stereocenters. The molecule has 500 valence electrons. The van der Waals surface area contributed by atoms with Gasteiger partial charge in [0.2, 0.25) is 12.2 Å². The molecule has 1 spiro atoms.